The molecule has 6 heteroatoms. The van der Waals surface area contributed by atoms with Gasteiger partial charge < -0.3 is 14.8 Å². The third-order valence-electron chi connectivity index (χ3n) is 5.00. The molecule has 1 N–H and O–H groups in total. The SMILES string of the molecule is CCOc1cc(/C=C2/NC(=S)N(C3CC3)C2=O)ccc1OC1CCCC1. The summed E-state index contributed by atoms with van der Waals surface area (Å²) in [7, 11) is 0. The molecule has 2 saturated carbocycles. The molecule has 1 heterocycles. The van der Waals surface area contributed by atoms with Crippen molar-refractivity contribution in [2.45, 2.75) is 57.6 Å². The smallest absolute Gasteiger partial charge is 0.276 e. The Labute approximate surface area is 159 Å². The molecule has 0 radical (unpaired) electrons. The second kappa shape index (κ2) is 7.27. The van der Waals surface area contributed by atoms with Gasteiger partial charge in [-0.25, -0.2) is 0 Å². The molecule has 4 rings (SSSR count). The van der Waals surface area contributed by atoms with Crippen molar-refractivity contribution >= 4 is 29.3 Å². The van der Waals surface area contributed by atoms with Crippen molar-refractivity contribution in [2.75, 3.05) is 6.61 Å². The van der Waals surface area contributed by atoms with Crippen LogP contribution in [0.3, 0.4) is 0 Å². The monoisotopic (exact) mass is 372 g/mol. The number of hydrogen-bond acceptors (Lipinski definition) is 4. The molecule has 1 saturated heterocycles. The van der Waals surface area contributed by atoms with Crippen molar-refractivity contribution in [3.8, 4) is 11.5 Å². The Morgan fingerprint density at radius 1 is 1.23 bits per heavy atom. The molecule has 1 aromatic rings. The first kappa shape index (κ1) is 17.3. The van der Waals surface area contributed by atoms with E-state index in [9.17, 15) is 4.79 Å². The van der Waals surface area contributed by atoms with E-state index < -0.39 is 0 Å². The lowest BCUT2D eigenvalue weighted by Crippen LogP contribution is -2.32. The lowest BCUT2D eigenvalue weighted by molar-refractivity contribution is -0.122. The highest BCUT2D eigenvalue weighted by Gasteiger charge is 2.41. The molecule has 3 aliphatic rings. The quantitative estimate of drug-likeness (QED) is 0.610. The van der Waals surface area contributed by atoms with Gasteiger partial charge in [0.15, 0.2) is 16.6 Å². The van der Waals surface area contributed by atoms with Crippen molar-refractivity contribution in [1.29, 1.82) is 0 Å². The Morgan fingerprint density at radius 2 is 2.00 bits per heavy atom. The van der Waals surface area contributed by atoms with Gasteiger partial charge in [0, 0.05) is 6.04 Å². The topological polar surface area (TPSA) is 50.8 Å². The summed E-state index contributed by atoms with van der Waals surface area (Å²) < 4.78 is 11.9. The molecular formula is C20H24N2O3S. The number of ether oxygens (including phenoxy) is 2. The summed E-state index contributed by atoms with van der Waals surface area (Å²) in [5.74, 6) is 1.46. The first-order chi connectivity index (χ1) is 12.7. The Hall–Kier alpha value is -2.08. The van der Waals surface area contributed by atoms with Gasteiger partial charge in [-0.2, -0.15) is 0 Å². The molecule has 0 spiro atoms. The van der Waals surface area contributed by atoms with E-state index in [2.05, 4.69) is 5.32 Å². The number of rotatable bonds is 6. The fourth-order valence-electron chi connectivity index (χ4n) is 3.55. The van der Waals surface area contributed by atoms with Crippen LogP contribution >= 0.6 is 12.2 Å². The molecule has 2 aliphatic carbocycles. The summed E-state index contributed by atoms with van der Waals surface area (Å²) in [6.07, 6.45) is 8.83. The van der Waals surface area contributed by atoms with Gasteiger partial charge in [0.25, 0.3) is 5.91 Å². The zero-order valence-corrected chi connectivity index (χ0v) is 15.8. The molecule has 0 aromatic heterocycles. The number of thiocarbonyl (C=S) groups is 1. The largest absolute Gasteiger partial charge is 0.490 e. The third kappa shape index (κ3) is 3.56. The zero-order valence-electron chi connectivity index (χ0n) is 15.0. The van der Waals surface area contributed by atoms with Gasteiger partial charge in [-0.15, -0.1) is 0 Å². The minimum Gasteiger partial charge on any atom is -0.490 e. The number of nitrogens with one attached hydrogen (secondary N) is 1. The minimum absolute atomic E-state index is 0.0401. The van der Waals surface area contributed by atoms with Gasteiger partial charge in [-0.3, -0.25) is 9.69 Å². The van der Waals surface area contributed by atoms with Crippen LogP contribution in [0.25, 0.3) is 6.08 Å². The molecule has 0 atom stereocenters. The van der Waals surface area contributed by atoms with Crippen LogP contribution in [0.2, 0.25) is 0 Å². The zero-order chi connectivity index (χ0) is 18.1. The average Bonchev–Trinajstić information content (AvgIpc) is 3.23. The van der Waals surface area contributed by atoms with Gasteiger partial charge >= 0.3 is 0 Å². The van der Waals surface area contributed by atoms with Crippen LogP contribution in [-0.4, -0.2) is 34.7 Å². The van der Waals surface area contributed by atoms with Crippen LogP contribution in [-0.2, 0) is 4.79 Å². The Balaban J connectivity index is 1.55. The summed E-state index contributed by atoms with van der Waals surface area (Å²) in [5.41, 5.74) is 1.41. The molecule has 3 fully saturated rings. The van der Waals surface area contributed by atoms with E-state index in [1.165, 1.54) is 12.8 Å². The molecule has 0 bridgehead atoms. The molecule has 1 amide bonds. The fourth-order valence-corrected chi connectivity index (χ4v) is 3.89. The Bertz CT molecular complexity index is 751. The standard InChI is InChI=1S/C20H24N2O3S/c1-2-24-18-12-13(7-10-17(18)25-15-5-3-4-6-15)11-16-19(23)22(14-8-9-14)20(26)21-16/h7,10-12,14-15H,2-6,8-9H2,1H3,(H,21,26)/b16-11+. The average molecular weight is 372 g/mol. The van der Waals surface area contributed by atoms with Crippen molar-refractivity contribution in [2.24, 2.45) is 0 Å². The highest BCUT2D eigenvalue weighted by atomic mass is 32.1. The number of benzene rings is 1. The molecule has 1 aliphatic heterocycles. The van der Waals surface area contributed by atoms with Gasteiger partial charge in [-0.1, -0.05) is 6.07 Å². The number of nitrogens with zero attached hydrogens (tertiary/aromatic N) is 1. The normalized spacial score (nSPS) is 22.2. The van der Waals surface area contributed by atoms with E-state index in [0.29, 0.717) is 17.4 Å². The summed E-state index contributed by atoms with van der Waals surface area (Å²) >= 11 is 5.30. The van der Waals surface area contributed by atoms with Crippen LogP contribution in [0.1, 0.15) is 51.0 Å². The maximum absolute atomic E-state index is 12.6. The number of hydrogen-bond donors (Lipinski definition) is 1. The minimum atomic E-state index is -0.0401. The maximum Gasteiger partial charge on any atom is 0.276 e. The number of carbonyl (C=O) groups excluding carboxylic acids is 1. The van der Waals surface area contributed by atoms with Crippen molar-refractivity contribution < 1.29 is 14.3 Å². The first-order valence-electron chi connectivity index (χ1n) is 9.45. The molecule has 26 heavy (non-hydrogen) atoms. The van der Waals surface area contributed by atoms with E-state index in [1.807, 2.05) is 31.2 Å². The third-order valence-corrected chi connectivity index (χ3v) is 5.29. The predicted molar refractivity (Wildman–Crippen MR) is 104 cm³/mol. The van der Waals surface area contributed by atoms with E-state index in [4.69, 9.17) is 21.7 Å². The first-order valence-corrected chi connectivity index (χ1v) is 9.86. The van der Waals surface area contributed by atoms with Crippen LogP contribution in [0.4, 0.5) is 0 Å². The van der Waals surface area contributed by atoms with E-state index in [0.717, 1.165) is 42.7 Å². The molecule has 5 nitrogen and oxygen atoms in total. The van der Waals surface area contributed by atoms with Crippen molar-refractivity contribution in [3.63, 3.8) is 0 Å². The van der Waals surface area contributed by atoms with Crippen molar-refractivity contribution in [1.82, 2.24) is 10.2 Å². The van der Waals surface area contributed by atoms with E-state index in [1.54, 1.807) is 4.90 Å². The van der Waals surface area contributed by atoms with Crippen LogP contribution < -0.4 is 14.8 Å². The summed E-state index contributed by atoms with van der Waals surface area (Å²) in [6, 6.07) is 6.09. The molecular weight excluding hydrogens is 348 g/mol. The number of amides is 1. The summed E-state index contributed by atoms with van der Waals surface area (Å²) in [5, 5.41) is 3.55. The van der Waals surface area contributed by atoms with Crippen LogP contribution in [0, 0.1) is 0 Å². The second-order valence-corrected chi connectivity index (χ2v) is 7.44. The van der Waals surface area contributed by atoms with Gasteiger partial charge in [0.2, 0.25) is 0 Å². The van der Waals surface area contributed by atoms with Gasteiger partial charge in [0.1, 0.15) is 5.70 Å². The van der Waals surface area contributed by atoms with Gasteiger partial charge in [-0.05, 0) is 81.4 Å². The van der Waals surface area contributed by atoms with Crippen LogP contribution in [0.5, 0.6) is 11.5 Å². The Morgan fingerprint density at radius 3 is 2.69 bits per heavy atom. The van der Waals surface area contributed by atoms with Crippen molar-refractivity contribution in [3.05, 3.63) is 29.5 Å². The highest BCUT2D eigenvalue weighted by molar-refractivity contribution is 7.80. The summed E-state index contributed by atoms with van der Waals surface area (Å²) in [6.45, 7) is 2.52. The Kier molecular flexibility index (Phi) is 4.85. The second-order valence-electron chi connectivity index (χ2n) is 7.06. The fraction of sp³-hybridized carbons (Fsp3) is 0.500. The van der Waals surface area contributed by atoms with Gasteiger partial charge in [0.05, 0.1) is 12.7 Å². The maximum atomic E-state index is 12.6. The predicted octanol–water partition coefficient (Wildman–Crippen LogP) is 3.63. The summed E-state index contributed by atoms with van der Waals surface area (Å²) in [4.78, 5) is 14.3. The highest BCUT2D eigenvalue weighted by Crippen LogP contribution is 2.34. The molecule has 0 unspecified atom stereocenters. The van der Waals surface area contributed by atoms with Crippen LogP contribution in [0.15, 0.2) is 23.9 Å². The lowest BCUT2D eigenvalue weighted by atomic mass is 10.1. The van der Waals surface area contributed by atoms with E-state index >= 15 is 0 Å². The lowest BCUT2D eigenvalue weighted by Gasteiger charge is -2.17. The van der Waals surface area contributed by atoms with E-state index in [-0.39, 0.29) is 18.1 Å². The number of carbonyl (C=O) groups is 1. The molecule has 1 aromatic carbocycles. The molecule has 138 valence electrons.